The molecule has 2 N–H and O–H groups in total. The Labute approximate surface area is 200 Å². The van der Waals surface area contributed by atoms with Gasteiger partial charge in [0, 0.05) is 25.0 Å². The van der Waals surface area contributed by atoms with E-state index in [9.17, 15) is 14.4 Å². The van der Waals surface area contributed by atoms with E-state index in [2.05, 4.69) is 29.6 Å². The molecule has 7 heteroatoms. The zero-order valence-electron chi connectivity index (χ0n) is 19.7. The van der Waals surface area contributed by atoms with Gasteiger partial charge in [0.15, 0.2) is 0 Å². The Morgan fingerprint density at radius 1 is 1.03 bits per heavy atom. The molecule has 2 aliphatic rings. The summed E-state index contributed by atoms with van der Waals surface area (Å²) in [6, 6.07) is 16.4. The molecule has 0 saturated heterocycles. The lowest BCUT2D eigenvalue weighted by atomic mass is 9.94. The fourth-order valence-corrected chi connectivity index (χ4v) is 4.74. The highest BCUT2D eigenvalue weighted by Crippen LogP contribution is 2.44. The quantitative estimate of drug-likeness (QED) is 0.548. The number of carboxylic acid groups (broad SMARTS) is 1. The summed E-state index contributed by atoms with van der Waals surface area (Å²) in [5, 5.41) is 11.8. The van der Waals surface area contributed by atoms with E-state index in [4.69, 9.17) is 9.84 Å². The van der Waals surface area contributed by atoms with Crippen LogP contribution in [0.1, 0.15) is 50.2 Å². The molecule has 2 aliphatic carbocycles. The summed E-state index contributed by atoms with van der Waals surface area (Å²) >= 11 is 0. The molecule has 34 heavy (non-hydrogen) atoms. The number of nitrogens with one attached hydrogen (secondary N) is 1. The van der Waals surface area contributed by atoms with Crippen molar-refractivity contribution in [1.29, 1.82) is 0 Å². The summed E-state index contributed by atoms with van der Waals surface area (Å²) < 4.78 is 5.60. The lowest BCUT2D eigenvalue weighted by Gasteiger charge is -2.29. The Morgan fingerprint density at radius 2 is 1.62 bits per heavy atom. The molecule has 0 bridgehead atoms. The lowest BCUT2D eigenvalue weighted by Crippen LogP contribution is -2.45. The SMILES string of the molecule is CC(C)C(CNC(=O)OCC1c2ccccc2-c2ccccc21)C(=O)N(CCC(=O)O)C1CC1. The molecular weight excluding hydrogens is 432 g/mol. The van der Waals surface area contributed by atoms with Crippen LogP contribution in [0.5, 0.6) is 0 Å². The minimum Gasteiger partial charge on any atom is -0.481 e. The first kappa shape index (κ1) is 23.8. The van der Waals surface area contributed by atoms with Crippen LogP contribution in [-0.4, -0.2) is 53.7 Å². The van der Waals surface area contributed by atoms with Crippen LogP contribution in [0, 0.1) is 11.8 Å². The van der Waals surface area contributed by atoms with Crippen molar-refractivity contribution in [2.45, 2.75) is 45.1 Å². The molecule has 4 rings (SSSR count). The second kappa shape index (κ2) is 10.3. The number of carbonyl (C=O) groups is 3. The maximum atomic E-state index is 13.2. The second-order valence-corrected chi connectivity index (χ2v) is 9.46. The monoisotopic (exact) mass is 464 g/mol. The minimum absolute atomic E-state index is 0.00698. The van der Waals surface area contributed by atoms with Gasteiger partial charge in [0.2, 0.25) is 5.91 Å². The molecule has 180 valence electrons. The van der Waals surface area contributed by atoms with Crippen LogP contribution in [-0.2, 0) is 14.3 Å². The normalized spacial score (nSPS) is 15.4. The van der Waals surface area contributed by atoms with Crippen molar-refractivity contribution < 1.29 is 24.2 Å². The van der Waals surface area contributed by atoms with Gasteiger partial charge in [-0.1, -0.05) is 62.4 Å². The average Bonchev–Trinajstić information content (AvgIpc) is 3.60. The van der Waals surface area contributed by atoms with Crippen LogP contribution in [0.15, 0.2) is 48.5 Å². The van der Waals surface area contributed by atoms with Crippen LogP contribution in [0.25, 0.3) is 11.1 Å². The van der Waals surface area contributed by atoms with E-state index >= 15 is 0 Å². The predicted molar refractivity (Wildman–Crippen MR) is 128 cm³/mol. The summed E-state index contributed by atoms with van der Waals surface area (Å²) in [6.07, 6.45) is 1.17. The smallest absolute Gasteiger partial charge is 0.407 e. The number of aliphatic carboxylic acids is 1. The molecule has 1 saturated carbocycles. The molecule has 2 amide bonds. The van der Waals surface area contributed by atoms with Gasteiger partial charge in [-0.25, -0.2) is 4.79 Å². The molecule has 0 radical (unpaired) electrons. The zero-order chi connectivity index (χ0) is 24.2. The minimum atomic E-state index is -0.920. The fraction of sp³-hybridized carbons (Fsp3) is 0.444. The largest absolute Gasteiger partial charge is 0.481 e. The third kappa shape index (κ3) is 5.24. The first-order valence-electron chi connectivity index (χ1n) is 12.0. The Balaban J connectivity index is 1.35. The molecule has 1 unspecified atom stereocenters. The van der Waals surface area contributed by atoms with Gasteiger partial charge in [0.25, 0.3) is 0 Å². The van der Waals surface area contributed by atoms with Crippen LogP contribution in [0.3, 0.4) is 0 Å². The van der Waals surface area contributed by atoms with Crippen LogP contribution in [0.2, 0.25) is 0 Å². The van der Waals surface area contributed by atoms with Crippen molar-refractivity contribution in [1.82, 2.24) is 10.2 Å². The summed E-state index contributed by atoms with van der Waals surface area (Å²) in [5.74, 6) is -1.49. The number of carbonyl (C=O) groups excluding carboxylic acids is 2. The number of ether oxygens (including phenoxy) is 1. The number of fused-ring (bicyclic) bond motifs is 3. The van der Waals surface area contributed by atoms with Crippen molar-refractivity contribution in [2.24, 2.45) is 11.8 Å². The second-order valence-electron chi connectivity index (χ2n) is 9.46. The highest BCUT2D eigenvalue weighted by atomic mass is 16.5. The van der Waals surface area contributed by atoms with E-state index in [1.54, 1.807) is 4.90 Å². The topological polar surface area (TPSA) is 95.9 Å². The highest BCUT2D eigenvalue weighted by molar-refractivity contribution is 5.81. The zero-order valence-corrected chi connectivity index (χ0v) is 19.7. The summed E-state index contributed by atoms with van der Waals surface area (Å²) in [6.45, 7) is 4.44. The maximum Gasteiger partial charge on any atom is 0.407 e. The first-order chi connectivity index (χ1) is 16.4. The molecule has 0 aromatic heterocycles. The molecule has 0 aliphatic heterocycles. The molecule has 0 heterocycles. The number of hydrogen-bond donors (Lipinski definition) is 2. The Hall–Kier alpha value is -3.35. The van der Waals surface area contributed by atoms with Gasteiger partial charge in [-0.2, -0.15) is 0 Å². The molecule has 2 aromatic carbocycles. The van der Waals surface area contributed by atoms with Crippen molar-refractivity contribution >= 4 is 18.0 Å². The number of benzene rings is 2. The van der Waals surface area contributed by atoms with Gasteiger partial charge in [-0.3, -0.25) is 9.59 Å². The number of alkyl carbamates (subject to hydrolysis) is 1. The van der Waals surface area contributed by atoms with Gasteiger partial charge >= 0.3 is 12.1 Å². The molecule has 1 atom stereocenters. The summed E-state index contributed by atoms with van der Waals surface area (Å²) in [4.78, 5) is 38.4. The van der Waals surface area contributed by atoms with Gasteiger partial charge in [-0.05, 0) is 41.0 Å². The van der Waals surface area contributed by atoms with Crippen molar-refractivity contribution in [3.63, 3.8) is 0 Å². The number of amides is 2. The van der Waals surface area contributed by atoms with Gasteiger partial charge < -0.3 is 20.1 Å². The maximum absolute atomic E-state index is 13.2. The van der Waals surface area contributed by atoms with Gasteiger partial charge in [-0.15, -0.1) is 0 Å². The first-order valence-corrected chi connectivity index (χ1v) is 12.0. The molecule has 1 fully saturated rings. The third-order valence-corrected chi connectivity index (χ3v) is 6.77. The molecule has 2 aromatic rings. The predicted octanol–water partition coefficient (Wildman–Crippen LogP) is 4.26. The highest BCUT2D eigenvalue weighted by Gasteiger charge is 2.37. The molecular formula is C27H32N2O5. The van der Waals surface area contributed by atoms with Crippen LogP contribution < -0.4 is 5.32 Å². The van der Waals surface area contributed by atoms with E-state index in [0.717, 1.165) is 24.0 Å². The van der Waals surface area contributed by atoms with E-state index < -0.39 is 18.0 Å². The Bertz CT molecular complexity index is 1020. The van der Waals surface area contributed by atoms with E-state index in [1.165, 1.54) is 11.1 Å². The number of rotatable bonds is 10. The van der Waals surface area contributed by atoms with E-state index in [1.807, 2.05) is 38.1 Å². The number of hydrogen-bond acceptors (Lipinski definition) is 4. The van der Waals surface area contributed by atoms with Gasteiger partial charge in [0.1, 0.15) is 6.61 Å². The fourth-order valence-electron chi connectivity index (χ4n) is 4.74. The van der Waals surface area contributed by atoms with Crippen molar-refractivity contribution in [3.05, 3.63) is 59.7 Å². The Kier molecular flexibility index (Phi) is 7.20. The lowest BCUT2D eigenvalue weighted by molar-refractivity contribution is -0.140. The molecule has 0 spiro atoms. The van der Waals surface area contributed by atoms with Gasteiger partial charge in [0.05, 0.1) is 12.3 Å². The van der Waals surface area contributed by atoms with Crippen molar-refractivity contribution in [3.8, 4) is 11.1 Å². The summed E-state index contributed by atoms with van der Waals surface area (Å²) in [5.41, 5.74) is 4.62. The Morgan fingerprint density at radius 3 is 2.15 bits per heavy atom. The van der Waals surface area contributed by atoms with Crippen LogP contribution in [0.4, 0.5) is 4.79 Å². The number of nitrogens with zero attached hydrogens (tertiary/aromatic N) is 1. The number of carboxylic acids is 1. The summed E-state index contributed by atoms with van der Waals surface area (Å²) in [7, 11) is 0. The van der Waals surface area contributed by atoms with Crippen LogP contribution >= 0.6 is 0 Å². The average molecular weight is 465 g/mol. The molecule has 7 nitrogen and oxygen atoms in total. The van der Waals surface area contributed by atoms with E-state index in [0.29, 0.717) is 0 Å². The van der Waals surface area contributed by atoms with Crippen molar-refractivity contribution in [2.75, 3.05) is 19.7 Å². The van der Waals surface area contributed by atoms with E-state index in [-0.39, 0.29) is 49.9 Å². The standard InChI is InChI=1S/C27H32N2O5/c1-17(2)23(26(32)29(18-11-12-18)14-13-25(30)31)15-28-27(33)34-16-24-21-9-5-3-7-19(21)20-8-4-6-10-22(20)24/h3-10,17-18,23-24H,11-16H2,1-2H3,(H,28,33)(H,30,31). The third-order valence-electron chi connectivity index (χ3n) is 6.77.